The smallest absolute Gasteiger partial charge is 0.209 e. The van der Waals surface area contributed by atoms with Crippen LogP contribution in [0, 0.1) is 0 Å². The SMILES string of the molecule is CC1COC(CO)CN1C(=NC1CCCCC1)NN. The zero-order chi connectivity index (χ0) is 13.7. The van der Waals surface area contributed by atoms with Crippen LogP contribution < -0.4 is 11.3 Å². The number of nitrogens with one attached hydrogen (secondary N) is 1. The Morgan fingerprint density at radius 1 is 1.42 bits per heavy atom. The maximum atomic E-state index is 9.23. The summed E-state index contributed by atoms with van der Waals surface area (Å²) in [7, 11) is 0. The van der Waals surface area contributed by atoms with Crippen molar-refractivity contribution in [2.75, 3.05) is 19.8 Å². The van der Waals surface area contributed by atoms with Crippen molar-refractivity contribution in [1.29, 1.82) is 0 Å². The van der Waals surface area contributed by atoms with Crippen molar-refractivity contribution in [1.82, 2.24) is 10.3 Å². The van der Waals surface area contributed by atoms with Crippen molar-refractivity contribution in [3.63, 3.8) is 0 Å². The first-order valence-electron chi connectivity index (χ1n) is 7.28. The molecule has 1 aliphatic heterocycles. The Kier molecular flexibility index (Phi) is 5.42. The second-order valence-electron chi connectivity index (χ2n) is 5.53. The molecule has 2 atom stereocenters. The van der Waals surface area contributed by atoms with Crippen LogP contribution in [-0.2, 0) is 4.74 Å². The molecule has 0 bridgehead atoms. The number of rotatable bonds is 2. The van der Waals surface area contributed by atoms with Gasteiger partial charge in [0.25, 0.3) is 0 Å². The first kappa shape index (κ1) is 14.6. The number of nitrogens with zero attached hydrogens (tertiary/aromatic N) is 2. The Hall–Kier alpha value is -0.850. The molecule has 6 heteroatoms. The van der Waals surface area contributed by atoms with Crippen molar-refractivity contribution in [3.8, 4) is 0 Å². The van der Waals surface area contributed by atoms with Crippen molar-refractivity contribution < 1.29 is 9.84 Å². The summed E-state index contributed by atoms with van der Waals surface area (Å²) in [4.78, 5) is 6.88. The second-order valence-corrected chi connectivity index (χ2v) is 5.53. The molecule has 1 heterocycles. The molecule has 0 amide bonds. The number of hydrogen-bond donors (Lipinski definition) is 3. The number of nitrogens with two attached hydrogens (primary N) is 1. The van der Waals surface area contributed by atoms with Crippen molar-refractivity contribution in [2.24, 2.45) is 10.8 Å². The molecule has 2 aliphatic rings. The number of guanidine groups is 1. The van der Waals surface area contributed by atoms with E-state index in [0.29, 0.717) is 19.2 Å². The van der Waals surface area contributed by atoms with Gasteiger partial charge in [-0.25, -0.2) is 10.8 Å². The minimum absolute atomic E-state index is 0.0322. The molecule has 1 saturated carbocycles. The lowest BCUT2D eigenvalue weighted by Crippen LogP contribution is -2.57. The van der Waals surface area contributed by atoms with E-state index in [4.69, 9.17) is 15.6 Å². The average molecular weight is 270 g/mol. The fourth-order valence-corrected chi connectivity index (χ4v) is 2.80. The quantitative estimate of drug-likeness (QED) is 0.289. The highest BCUT2D eigenvalue weighted by Gasteiger charge is 2.28. The van der Waals surface area contributed by atoms with Crippen molar-refractivity contribution in [2.45, 2.75) is 57.2 Å². The van der Waals surface area contributed by atoms with Gasteiger partial charge in [0.05, 0.1) is 31.4 Å². The van der Waals surface area contributed by atoms with E-state index in [9.17, 15) is 5.11 Å². The van der Waals surface area contributed by atoms with E-state index in [1.165, 1.54) is 19.3 Å². The van der Waals surface area contributed by atoms with Gasteiger partial charge in [0.15, 0.2) is 0 Å². The van der Waals surface area contributed by atoms with E-state index < -0.39 is 0 Å². The minimum atomic E-state index is -0.152. The van der Waals surface area contributed by atoms with Gasteiger partial charge in [-0.05, 0) is 19.8 Å². The molecular weight excluding hydrogens is 244 g/mol. The maximum Gasteiger partial charge on any atom is 0.209 e. The van der Waals surface area contributed by atoms with Crippen LogP contribution in [0.5, 0.6) is 0 Å². The van der Waals surface area contributed by atoms with Crippen LogP contribution >= 0.6 is 0 Å². The zero-order valence-electron chi connectivity index (χ0n) is 11.7. The fourth-order valence-electron chi connectivity index (χ4n) is 2.80. The third-order valence-electron chi connectivity index (χ3n) is 3.99. The lowest BCUT2D eigenvalue weighted by molar-refractivity contribution is -0.0571. The Balaban J connectivity index is 2.03. The van der Waals surface area contributed by atoms with Gasteiger partial charge in [-0.3, -0.25) is 5.43 Å². The van der Waals surface area contributed by atoms with E-state index in [-0.39, 0.29) is 18.8 Å². The summed E-state index contributed by atoms with van der Waals surface area (Å²) in [6, 6.07) is 0.601. The van der Waals surface area contributed by atoms with Crippen molar-refractivity contribution >= 4 is 5.96 Å². The molecule has 2 rings (SSSR count). The van der Waals surface area contributed by atoms with Crippen LogP contribution in [0.25, 0.3) is 0 Å². The van der Waals surface area contributed by atoms with Crippen LogP contribution in [0.3, 0.4) is 0 Å². The van der Waals surface area contributed by atoms with E-state index in [1.54, 1.807) is 0 Å². The van der Waals surface area contributed by atoms with Crippen LogP contribution in [0.1, 0.15) is 39.0 Å². The summed E-state index contributed by atoms with van der Waals surface area (Å²) in [6.45, 7) is 3.34. The van der Waals surface area contributed by atoms with Gasteiger partial charge in [-0.2, -0.15) is 0 Å². The van der Waals surface area contributed by atoms with Gasteiger partial charge in [0.2, 0.25) is 5.96 Å². The minimum Gasteiger partial charge on any atom is -0.394 e. The number of aliphatic hydroxyl groups is 1. The van der Waals surface area contributed by atoms with Crippen LogP contribution in [0.4, 0.5) is 0 Å². The molecular formula is C13H26N4O2. The van der Waals surface area contributed by atoms with Crippen LogP contribution in [0.2, 0.25) is 0 Å². The summed E-state index contributed by atoms with van der Waals surface area (Å²) in [5, 5.41) is 9.23. The highest BCUT2D eigenvalue weighted by Crippen LogP contribution is 2.21. The standard InChI is InChI=1S/C13H26N4O2/c1-10-9-19-12(8-18)7-17(10)13(16-14)15-11-5-3-2-4-6-11/h10-12,18H,2-9,14H2,1H3,(H,15,16). The third-order valence-corrected chi connectivity index (χ3v) is 3.99. The molecule has 4 N–H and O–H groups in total. The average Bonchev–Trinajstić information content (AvgIpc) is 2.47. The predicted octanol–water partition coefficient (Wildman–Crippen LogP) is 0.220. The number of hydrazine groups is 1. The lowest BCUT2D eigenvalue weighted by atomic mass is 9.96. The highest BCUT2D eigenvalue weighted by molar-refractivity contribution is 5.80. The first-order valence-corrected chi connectivity index (χ1v) is 7.28. The van der Waals surface area contributed by atoms with Gasteiger partial charge in [-0.1, -0.05) is 19.3 Å². The molecule has 1 aliphatic carbocycles. The summed E-state index contributed by atoms with van der Waals surface area (Å²) in [5.74, 6) is 6.38. The van der Waals surface area contributed by atoms with E-state index >= 15 is 0 Å². The van der Waals surface area contributed by atoms with E-state index in [2.05, 4.69) is 17.2 Å². The molecule has 0 radical (unpaired) electrons. The number of morpholine rings is 1. The fraction of sp³-hybridized carbons (Fsp3) is 0.923. The Bertz CT molecular complexity index is 305. The molecule has 110 valence electrons. The second kappa shape index (κ2) is 7.07. The van der Waals surface area contributed by atoms with Gasteiger partial charge >= 0.3 is 0 Å². The Labute approximate surface area is 115 Å². The van der Waals surface area contributed by atoms with Gasteiger partial charge in [-0.15, -0.1) is 0 Å². The molecule has 0 aromatic heterocycles. The summed E-state index contributed by atoms with van der Waals surface area (Å²) in [5.41, 5.74) is 2.73. The topological polar surface area (TPSA) is 83.1 Å². The zero-order valence-corrected chi connectivity index (χ0v) is 11.7. The third kappa shape index (κ3) is 3.81. The molecule has 1 saturated heterocycles. The van der Waals surface area contributed by atoms with E-state index in [1.807, 2.05) is 0 Å². The predicted molar refractivity (Wildman–Crippen MR) is 74.6 cm³/mol. The molecule has 2 fully saturated rings. The number of aliphatic imine (C=N–C) groups is 1. The monoisotopic (exact) mass is 270 g/mol. The maximum absolute atomic E-state index is 9.23. The number of aliphatic hydroxyl groups excluding tert-OH is 1. The summed E-state index contributed by atoms with van der Waals surface area (Å²) >= 11 is 0. The van der Waals surface area contributed by atoms with Gasteiger partial charge in [0.1, 0.15) is 0 Å². The molecule has 19 heavy (non-hydrogen) atoms. The lowest BCUT2D eigenvalue weighted by Gasteiger charge is -2.39. The van der Waals surface area contributed by atoms with Gasteiger partial charge in [0, 0.05) is 6.54 Å². The van der Waals surface area contributed by atoms with Crippen molar-refractivity contribution in [3.05, 3.63) is 0 Å². The summed E-state index contributed by atoms with van der Waals surface area (Å²) < 4.78 is 5.54. The highest BCUT2D eigenvalue weighted by atomic mass is 16.5. The number of hydrogen-bond acceptors (Lipinski definition) is 4. The molecule has 6 nitrogen and oxygen atoms in total. The first-order chi connectivity index (χ1) is 9.24. The Morgan fingerprint density at radius 3 is 2.79 bits per heavy atom. The summed E-state index contributed by atoms with van der Waals surface area (Å²) in [6.07, 6.45) is 5.97. The van der Waals surface area contributed by atoms with Crippen LogP contribution in [0.15, 0.2) is 4.99 Å². The number of ether oxygens (including phenoxy) is 1. The van der Waals surface area contributed by atoms with Gasteiger partial charge < -0.3 is 14.7 Å². The molecule has 0 spiro atoms. The molecule has 0 aromatic rings. The van der Waals surface area contributed by atoms with E-state index in [0.717, 1.165) is 18.8 Å². The normalized spacial score (nSPS) is 30.5. The Morgan fingerprint density at radius 2 is 2.16 bits per heavy atom. The molecule has 2 unspecified atom stereocenters. The van der Waals surface area contributed by atoms with Crippen LogP contribution in [-0.4, -0.2) is 53.9 Å². The molecule has 0 aromatic carbocycles. The largest absolute Gasteiger partial charge is 0.394 e.